The zero-order valence-corrected chi connectivity index (χ0v) is 6.50. The van der Waals surface area contributed by atoms with Gasteiger partial charge in [-0.05, 0) is 19.8 Å². The fourth-order valence-electron chi connectivity index (χ4n) is 1.48. The van der Waals surface area contributed by atoms with Crippen molar-refractivity contribution in [2.75, 3.05) is 0 Å². The highest BCUT2D eigenvalue weighted by atomic mass is 16.1. The number of fused-ring (bicyclic) bond motifs is 1. The van der Waals surface area contributed by atoms with Gasteiger partial charge in [0.15, 0.2) is 0 Å². The molecule has 11 heavy (non-hydrogen) atoms. The molecule has 2 rings (SSSR count). The van der Waals surface area contributed by atoms with Crippen LogP contribution in [0.25, 0.3) is 0 Å². The fourth-order valence-corrected chi connectivity index (χ4v) is 1.48. The summed E-state index contributed by atoms with van der Waals surface area (Å²) in [6.45, 7) is 2.63. The van der Waals surface area contributed by atoms with Crippen LogP contribution in [0.4, 0.5) is 0 Å². The Hall–Kier alpha value is -1.12. The average Bonchev–Trinajstić information content (AvgIpc) is 2.45. The lowest BCUT2D eigenvalue weighted by Gasteiger charge is -2.01. The lowest BCUT2D eigenvalue weighted by atomic mass is 10.3. The quantitative estimate of drug-likeness (QED) is 0.539. The van der Waals surface area contributed by atoms with Crippen molar-refractivity contribution in [2.24, 2.45) is 0 Å². The predicted molar refractivity (Wildman–Crippen MR) is 41.6 cm³/mol. The van der Waals surface area contributed by atoms with Gasteiger partial charge in [0, 0.05) is 18.4 Å². The van der Waals surface area contributed by atoms with Gasteiger partial charge in [-0.2, -0.15) is 0 Å². The van der Waals surface area contributed by atoms with E-state index in [0.717, 1.165) is 25.1 Å². The Balaban J connectivity index is 2.72. The maximum Gasteiger partial charge on any atom is 0.272 e. The van der Waals surface area contributed by atoms with Gasteiger partial charge in [-0.15, -0.1) is 0 Å². The standard InChI is InChI=1S/C8H10N2O/c1-6-8(11)10-4-2-3-7(10)5-9-6/h5H,2-4H2,1H3. The van der Waals surface area contributed by atoms with Gasteiger partial charge >= 0.3 is 0 Å². The minimum Gasteiger partial charge on any atom is -0.310 e. The highest BCUT2D eigenvalue weighted by molar-refractivity contribution is 5.07. The van der Waals surface area contributed by atoms with Crippen molar-refractivity contribution in [3.8, 4) is 0 Å². The molecule has 1 aliphatic rings. The van der Waals surface area contributed by atoms with E-state index in [1.54, 1.807) is 6.92 Å². The Labute approximate surface area is 64.7 Å². The first-order chi connectivity index (χ1) is 5.29. The summed E-state index contributed by atoms with van der Waals surface area (Å²) >= 11 is 0. The molecular weight excluding hydrogens is 140 g/mol. The molecule has 0 saturated heterocycles. The first-order valence-corrected chi connectivity index (χ1v) is 3.84. The van der Waals surface area contributed by atoms with Crippen molar-refractivity contribution < 1.29 is 0 Å². The number of nitrogens with zero attached hydrogens (tertiary/aromatic N) is 2. The lowest BCUT2D eigenvalue weighted by molar-refractivity contribution is 0.708. The first-order valence-electron chi connectivity index (χ1n) is 3.84. The molecule has 0 atom stereocenters. The molecule has 1 aromatic heterocycles. The molecule has 3 heteroatoms. The molecule has 1 aromatic rings. The Morgan fingerprint density at radius 3 is 3.27 bits per heavy atom. The van der Waals surface area contributed by atoms with Crippen LogP contribution in [0.3, 0.4) is 0 Å². The van der Waals surface area contributed by atoms with E-state index in [4.69, 9.17) is 0 Å². The van der Waals surface area contributed by atoms with E-state index in [1.807, 2.05) is 10.8 Å². The van der Waals surface area contributed by atoms with Gasteiger partial charge < -0.3 is 4.57 Å². The number of aryl methyl sites for hydroxylation is 2. The number of rotatable bonds is 0. The topological polar surface area (TPSA) is 34.9 Å². The molecule has 0 bridgehead atoms. The van der Waals surface area contributed by atoms with Crippen LogP contribution >= 0.6 is 0 Å². The normalized spacial score (nSPS) is 15.0. The maximum atomic E-state index is 11.4. The van der Waals surface area contributed by atoms with Crippen LogP contribution in [0.15, 0.2) is 11.0 Å². The summed E-state index contributed by atoms with van der Waals surface area (Å²) in [6.07, 6.45) is 3.90. The van der Waals surface area contributed by atoms with Gasteiger partial charge in [0.1, 0.15) is 5.69 Å². The molecule has 0 amide bonds. The van der Waals surface area contributed by atoms with Gasteiger partial charge in [0.25, 0.3) is 5.56 Å². The highest BCUT2D eigenvalue weighted by Gasteiger charge is 2.12. The number of hydrogen-bond acceptors (Lipinski definition) is 2. The summed E-state index contributed by atoms with van der Waals surface area (Å²) in [5.74, 6) is 0. The van der Waals surface area contributed by atoms with Crippen molar-refractivity contribution in [2.45, 2.75) is 26.3 Å². The molecular formula is C8H10N2O. The third-order valence-corrected chi connectivity index (χ3v) is 2.12. The van der Waals surface area contributed by atoms with E-state index in [9.17, 15) is 4.79 Å². The molecule has 0 N–H and O–H groups in total. The fraction of sp³-hybridized carbons (Fsp3) is 0.500. The molecule has 0 saturated carbocycles. The minimum absolute atomic E-state index is 0.0833. The molecule has 0 spiro atoms. The van der Waals surface area contributed by atoms with E-state index < -0.39 is 0 Å². The van der Waals surface area contributed by atoms with Crippen molar-refractivity contribution >= 4 is 0 Å². The molecule has 1 aliphatic heterocycles. The summed E-state index contributed by atoms with van der Waals surface area (Å²) in [5, 5.41) is 0. The largest absolute Gasteiger partial charge is 0.310 e. The van der Waals surface area contributed by atoms with Gasteiger partial charge in [-0.25, -0.2) is 0 Å². The summed E-state index contributed by atoms with van der Waals surface area (Å²) in [5.41, 5.74) is 1.77. The van der Waals surface area contributed by atoms with E-state index in [0.29, 0.717) is 5.69 Å². The van der Waals surface area contributed by atoms with E-state index in [2.05, 4.69) is 4.98 Å². The van der Waals surface area contributed by atoms with Crippen LogP contribution in [0.5, 0.6) is 0 Å². The minimum atomic E-state index is 0.0833. The maximum absolute atomic E-state index is 11.4. The van der Waals surface area contributed by atoms with Crippen LogP contribution in [0.2, 0.25) is 0 Å². The highest BCUT2D eigenvalue weighted by Crippen LogP contribution is 2.09. The molecule has 0 aliphatic carbocycles. The monoisotopic (exact) mass is 150 g/mol. The van der Waals surface area contributed by atoms with Gasteiger partial charge in [0.05, 0.1) is 0 Å². The predicted octanol–water partition coefficient (Wildman–Crippen LogP) is 0.498. The van der Waals surface area contributed by atoms with Gasteiger partial charge in [-0.1, -0.05) is 0 Å². The van der Waals surface area contributed by atoms with Crippen molar-refractivity contribution in [3.63, 3.8) is 0 Å². The average molecular weight is 150 g/mol. The van der Waals surface area contributed by atoms with E-state index in [-0.39, 0.29) is 5.56 Å². The Morgan fingerprint density at radius 2 is 2.45 bits per heavy atom. The molecule has 2 heterocycles. The molecule has 0 radical (unpaired) electrons. The third-order valence-electron chi connectivity index (χ3n) is 2.12. The zero-order chi connectivity index (χ0) is 7.84. The zero-order valence-electron chi connectivity index (χ0n) is 6.50. The van der Waals surface area contributed by atoms with Crippen LogP contribution in [-0.4, -0.2) is 9.55 Å². The third kappa shape index (κ3) is 0.878. The van der Waals surface area contributed by atoms with Crippen LogP contribution in [-0.2, 0) is 13.0 Å². The van der Waals surface area contributed by atoms with Gasteiger partial charge in [-0.3, -0.25) is 9.78 Å². The van der Waals surface area contributed by atoms with Crippen molar-refractivity contribution in [1.82, 2.24) is 9.55 Å². The summed E-state index contributed by atoms with van der Waals surface area (Å²) < 4.78 is 1.82. The second-order valence-corrected chi connectivity index (χ2v) is 2.90. The Morgan fingerprint density at radius 1 is 1.64 bits per heavy atom. The molecule has 58 valence electrons. The van der Waals surface area contributed by atoms with E-state index >= 15 is 0 Å². The molecule has 0 aromatic carbocycles. The van der Waals surface area contributed by atoms with Crippen LogP contribution in [0.1, 0.15) is 17.8 Å². The first kappa shape index (κ1) is 6.58. The van der Waals surface area contributed by atoms with Crippen LogP contribution < -0.4 is 5.56 Å². The lowest BCUT2D eigenvalue weighted by Crippen LogP contribution is -2.22. The summed E-state index contributed by atoms with van der Waals surface area (Å²) in [6, 6.07) is 0. The van der Waals surface area contributed by atoms with Gasteiger partial charge in [0.2, 0.25) is 0 Å². The Bertz CT molecular complexity index is 340. The smallest absolute Gasteiger partial charge is 0.272 e. The number of hydrogen-bond donors (Lipinski definition) is 0. The summed E-state index contributed by atoms with van der Waals surface area (Å²) in [4.78, 5) is 15.4. The van der Waals surface area contributed by atoms with Crippen molar-refractivity contribution in [1.29, 1.82) is 0 Å². The molecule has 3 nitrogen and oxygen atoms in total. The second-order valence-electron chi connectivity index (χ2n) is 2.90. The van der Waals surface area contributed by atoms with E-state index in [1.165, 1.54) is 0 Å². The second kappa shape index (κ2) is 2.19. The van der Waals surface area contributed by atoms with Crippen molar-refractivity contribution in [3.05, 3.63) is 27.9 Å². The molecule has 0 unspecified atom stereocenters. The SMILES string of the molecule is Cc1ncc2n(c1=O)CCC2. The summed E-state index contributed by atoms with van der Waals surface area (Å²) in [7, 11) is 0. The number of aromatic nitrogens is 2. The van der Waals surface area contributed by atoms with Crippen LogP contribution in [0, 0.1) is 6.92 Å². The molecule has 0 fully saturated rings. The Kier molecular flexibility index (Phi) is 1.31.